The summed E-state index contributed by atoms with van der Waals surface area (Å²) in [6.45, 7) is 12.0. The zero-order valence-corrected chi connectivity index (χ0v) is 16.5. The number of aliphatic imine (C=N–C) groups is 1. The van der Waals surface area contributed by atoms with Crippen molar-refractivity contribution < 1.29 is 9.53 Å². The lowest BCUT2D eigenvalue weighted by atomic mass is 10.1. The van der Waals surface area contributed by atoms with Crippen molar-refractivity contribution in [2.24, 2.45) is 4.99 Å². The second-order valence-electron chi connectivity index (χ2n) is 6.94. The molecule has 0 aliphatic carbocycles. The molecule has 0 saturated carbocycles. The van der Waals surface area contributed by atoms with Gasteiger partial charge in [-0.1, -0.05) is 0 Å². The average Bonchev–Trinajstić information content (AvgIpc) is 2.78. The van der Waals surface area contributed by atoms with Crippen molar-refractivity contribution in [1.82, 2.24) is 25.7 Å². The number of aryl methyl sites for hydroxylation is 1. The zero-order chi connectivity index (χ0) is 19.0. The number of nitrogens with one attached hydrogen (secondary N) is 3. The fraction of sp³-hybridized carbons (Fsp3) is 0.706. The van der Waals surface area contributed by atoms with Gasteiger partial charge in [0.15, 0.2) is 5.96 Å². The van der Waals surface area contributed by atoms with E-state index in [1.807, 2.05) is 39.3 Å². The molecule has 142 valence electrons. The Bertz CT molecular complexity index is 601. The summed E-state index contributed by atoms with van der Waals surface area (Å²) in [6, 6.07) is 0. The van der Waals surface area contributed by atoms with Gasteiger partial charge in [-0.3, -0.25) is 14.5 Å². The van der Waals surface area contributed by atoms with Crippen LogP contribution < -0.4 is 16.0 Å². The van der Waals surface area contributed by atoms with E-state index in [4.69, 9.17) is 4.74 Å². The minimum absolute atomic E-state index is 0.0739. The molecule has 0 atom stereocenters. The van der Waals surface area contributed by atoms with Crippen molar-refractivity contribution in [3.63, 3.8) is 0 Å². The molecule has 0 aromatic carbocycles. The molecule has 0 bridgehead atoms. The molecule has 1 aromatic heterocycles. The van der Waals surface area contributed by atoms with Gasteiger partial charge >= 0.3 is 0 Å². The molecule has 0 radical (unpaired) electrons. The van der Waals surface area contributed by atoms with Gasteiger partial charge in [0, 0.05) is 37.5 Å². The molecule has 8 heteroatoms. The summed E-state index contributed by atoms with van der Waals surface area (Å²) in [4.78, 5) is 16.0. The van der Waals surface area contributed by atoms with Crippen LogP contribution in [-0.2, 0) is 22.6 Å². The first kappa shape index (κ1) is 21.0. The Labute approximate surface area is 150 Å². The van der Waals surface area contributed by atoms with Crippen LogP contribution in [0.4, 0.5) is 0 Å². The minimum Gasteiger partial charge on any atom is -0.383 e. The van der Waals surface area contributed by atoms with Crippen LogP contribution in [0.15, 0.2) is 4.99 Å². The van der Waals surface area contributed by atoms with Crippen molar-refractivity contribution in [2.45, 2.75) is 53.2 Å². The smallest absolute Gasteiger partial charge is 0.239 e. The summed E-state index contributed by atoms with van der Waals surface area (Å²) in [5.41, 5.74) is 2.95. The zero-order valence-electron chi connectivity index (χ0n) is 16.5. The van der Waals surface area contributed by atoms with Crippen LogP contribution in [-0.4, -0.2) is 54.5 Å². The van der Waals surface area contributed by atoms with E-state index in [2.05, 4.69) is 26.0 Å². The second kappa shape index (κ2) is 9.41. The highest BCUT2D eigenvalue weighted by Gasteiger charge is 2.15. The fourth-order valence-electron chi connectivity index (χ4n) is 2.40. The summed E-state index contributed by atoms with van der Waals surface area (Å²) in [5, 5.41) is 13.7. The van der Waals surface area contributed by atoms with Gasteiger partial charge in [-0.15, -0.1) is 0 Å². The summed E-state index contributed by atoms with van der Waals surface area (Å²) in [6.07, 6.45) is 0. The Balaban J connectivity index is 2.58. The van der Waals surface area contributed by atoms with E-state index in [-0.39, 0.29) is 18.0 Å². The maximum Gasteiger partial charge on any atom is 0.239 e. The molecule has 0 unspecified atom stereocenters. The van der Waals surface area contributed by atoms with Crippen molar-refractivity contribution in [3.05, 3.63) is 17.0 Å². The number of hydrogen-bond acceptors (Lipinski definition) is 4. The fourth-order valence-corrected chi connectivity index (χ4v) is 2.40. The molecule has 0 saturated heterocycles. The molecule has 3 N–H and O–H groups in total. The Morgan fingerprint density at radius 3 is 2.52 bits per heavy atom. The summed E-state index contributed by atoms with van der Waals surface area (Å²) in [5.74, 6) is 0.502. The van der Waals surface area contributed by atoms with Gasteiger partial charge in [0.2, 0.25) is 5.91 Å². The highest BCUT2D eigenvalue weighted by atomic mass is 16.5. The number of ether oxygens (including phenoxy) is 1. The van der Waals surface area contributed by atoms with Crippen LogP contribution >= 0.6 is 0 Å². The summed E-state index contributed by atoms with van der Waals surface area (Å²) in [7, 11) is 3.36. The molecule has 1 heterocycles. The molecule has 1 aromatic rings. The lowest BCUT2D eigenvalue weighted by Crippen LogP contribution is -2.48. The molecule has 0 fully saturated rings. The molecule has 0 aliphatic rings. The highest BCUT2D eigenvalue weighted by Crippen LogP contribution is 2.12. The first-order chi connectivity index (χ1) is 11.7. The Hall–Kier alpha value is -2.09. The summed E-state index contributed by atoms with van der Waals surface area (Å²) < 4.78 is 7.06. The van der Waals surface area contributed by atoms with Crippen LogP contribution in [0.5, 0.6) is 0 Å². The van der Waals surface area contributed by atoms with E-state index < -0.39 is 0 Å². The Kier molecular flexibility index (Phi) is 7.89. The van der Waals surface area contributed by atoms with Crippen LogP contribution in [0.1, 0.15) is 37.7 Å². The van der Waals surface area contributed by atoms with E-state index in [0.29, 0.717) is 19.1 Å². The van der Waals surface area contributed by atoms with Gasteiger partial charge < -0.3 is 20.7 Å². The maximum absolute atomic E-state index is 11.9. The van der Waals surface area contributed by atoms with E-state index in [9.17, 15) is 4.79 Å². The standard InChI is InChI=1S/C17H32N6O2/c1-12-14(13(2)23(22-12)8-9-25-7)10-19-16(18-6)20-11-15(24)21-17(3,4)5/h8-11H2,1-7H3,(H,21,24)(H2,18,19,20). The quantitative estimate of drug-likeness (QED) is 0.497. The highest BCUT2D eigenvalue weighted by molar-refractivity contribution is 5.86. The van der Waals surface area contributed by atoms with Crippen molar-refractivity contribution >= 4 is 11.9 Å². The average molecular weight is 352 g/mol. The third kappa shape index (κ3) is 7.13. The monoisotopic (exact) mass is 352 g/mol. The Morgan fingerprint density at radius 1 is 1.28 bits per heavy atom. The number of nitrogens with zero attached hydrogens (tertiary/aromatic N) is 3. The van der Waals surface area contributed by atoms with Crippen LogP contribution in [0.3, 0.4) is 0 Å². The predicted molar refractivity (Wildman–Crippen MR) is 99.7 cm³/mol. The number of rotatable bonds is 7. The topological polar surface area (TPSA) is 92.6 Å². The molecule has 1 rings (SSSR count). The van der Waals surface area contributed by atoms with E-state index in [0.717, 1.165) is 23.5 Å². The number of carbonyl (C=O) groups excluding carboxylic acids is 1. The minimum atomic E-state index is -0.249. The summed E-state index contributed by atoms with van der Waals surface area (Å²) >= 11 is 0. The molecular weight excluding hydrogens is 320 g/mol. The number of guanidine groups is 1. The van der Waals surface area contributed by atoms with E-state index in [1.165, 1.54) is 0 Å². The van der Waals surface area contributed by atoms with Crippen LogP contribution in [0.25, 0.3) is 0 Å². The third-order valence-corrected chi connectivity index (χ3v) is 3.63. The largest absolute Gasteiger partial charge is 0.383 e. The number of amides is 1. The molecule has 8 nitrogen and oxygen atoms in total. The number of hydrogen-bond donors (Lipinski definition) is 3. The van der Waals surface area contributed by atoms with Gasteiger partial charge in [-0.05, 0) is 34.6 Å². The second-order valence-corrected chi connectivity index (χ2v) is 6.94. The van der Waals surface area contributed by atoms with Crippen LogP contribution in [0, 0.1) is 13.8 Å². The first-order valence-electron chi connectivity index (χ1n) is 8.45. The SMILES string of the molecule is CN=C(NCC(=O)NC(C)(C)C)NCc1c(C)nn(CCOC)c1C. The first-order valence-corrected chi connectivity index (χ1v) is 8.45. The Morgan fingerprint density at radius 2 is 1.96 bits per heavy atom. The van der Waals surface area contributed by atoms with Crippen molar-refractivity contribution in [1.29, 1.82) is 0 Å². The van der Waals surface area contributed by atoms with Crippen molar-refractivity contribution in [3.8, 4) is 0 Å². The third-order valence-electron chi connectivity index (χ3n) is 3.63. The number of aromatic nitrogens is 2. The van der Waals surface area contributed by atoms with Crippen molar-refractivity contribution in [2.75, 3.05) is 27.3 Å². The molecule has 0 spiro atoms. The van der Waals surface area contributed by atoms with Gasteiger partial charge in [0.1, 0.15) is 0 Å². The van der Waals surface area contributed by atoms with E-state index >= 15 is 0 Å². The van der Waals surface area contributed by atoms with E-state index in [1.54, 1.807) is 14.2 Å². The maximum atomic E-state index is 11.9. The molecule has 0 aliphatic heterocycles. The van der Waals surface area contributed by atoms with Crippen LogP contribution in [0.2, 0.25) is 0 Å². The molecule has 25 heavy (non-hydrogen) atoms. The number of carbonyl (C=O) groups is 1. The normalized spacial score (nSPS) is 12.2. The molecular formula is C17H32N6O2. The van der Waals surface area contributed by atoms with Gasteiger partial charge in [-0.2, -0.15) is 5.10 Å². The van der Waals surface area contributed by atoms with Gasteiger partial charge in [0.05, 0.1) is 25.4 Å². The van der Waals surface area contributed by atoms with Gasteiger partial charge in [-0.25, -0.2) is 0 Å². The van der Waals surface area contributed by atoms with Gasteiger partial charge in [0.25, 0.3) is 0 Å². The molecule has 1 amide bonds. The predicted octanol–water partition coefficient (Wildman–Crippen LogP) is 0.726. The lowest BCUT2D eigenvalue weighted by molar-refractivity contribution is -0.121. The lowest BCUT2D eigenvalue weighted by Gasteiger charge is -2.21. The number of methoxy groups -OCH3 is 1.